The summed E-state index contributed by atoms with van der Waals surface area (Å²) in [7, 11) is 1.53. The summed E-state index contributed by atoms with van der Waals surface area (Å²) in [5.41, 5.74) is 4.19. The minimum absolute atomic E-state index is 0.0470. The van der Waals surface area contributed by atoms with Gasteiger partial charge < -0.3 is 9.26 Å². The minimum atomic E-state index is -0.901. The Bertz CT molecular complexity index is 1290. The Morgan fingerprint density at radius 3 is 2.74 bits per heavy atom. The maximum Gasteiger partial charge on any atom is 0.349 e. The maximum atomic E-state index is 14.9. The van der Waals surface area contributed by atoms with Gasteiger partial charge in [-0.15, -0.1) is 0 Å². The molecule has 0 unspecified atom stereocenters. The van der Waals surface area contributed by atoms with Crippen molar-refractivity contribution in [3.8, 4) is 17.0 Å². The molecule has 0 atom stereocenters. The Morgan fingerprint density at radius 1 is 1.20 bits per heavy atom. The Balaban J connectivity index is 1.73. The highest BCUT2D eigenvalue weighted by Crippen LogP contribution is 2.48. The first-order valence-electron chi connectivity index (χ1n) is 11.5. The molecule has 4 rings (SSSR count). The fourth-order valence-electron chi connectivity index (χ4n) is 4.41. The highest BCUT2D eigenvalue weighted by atomic mass is 19.3. The van der Waals surface area contributed by atoms with Crippen LogP contribution in [0.3, 0.4) is 0 Å². The second-order valence-corrected chi connectivity index (χ2v) is 9.18. The molecule has 0 bridgehead atoms. The molecule has 3 aromatic rings. The monoisotopic (exact) mass is 479 g/mol. The van der Waals surface area contributed by atoms with Gasteiger partial charge in [0.25, 0.3) is 0 Å². The van der Waals surface area contributed by atoms with Gasteiger partial charge in [-0.25, -0.2) is 9.18 Å². The van der Waals surface area contributed by atoms with E-state index < -0.39 is 11.8 Å². The summed E-state index contributed by atoms with van der Waals surface area (Å²) in [5.74, 6) is -0.260. The van der Waals surface area contributed by atoms with E-state index in [-0.39, 0.29) is 11.8 Å². The molecule has 182 valence electrons. The van der Waals surface area contributed by atoms with E-state index in [1.54, 1.807) is 12.1 Å². The van der Waals surface area contributed by atoms with Gasteiger partial charge in [-0.3, -0.25) is 4.94 Å². The van der Waals surface area contributed by atoms with Crippen LogP contribution in [-0.2, 0) is 16.2 Å². The van der Waals surface area contributed by atoms with Crippen molar-refractivity contribution in [1.82, 2.24) is 5.16 Å². The van der Waals surface area contributed by atoms with Crippen LogP contribution >= 0.6 is 0 Å². The Morgan fingerprint density at radius 2 is 2.03 bits per heavy atom. The van der Waals surface area contributed by atoms with Gasteiger partial charge in [0.2, 0.25) is 0 Å². The first-order valence-corrected chi connectivity index (χ1v) is 11.5. The summed E-state index contributed by atoms with van der Waals surface area (Å²) < 4.78 is 37.9. The van der Waals surface area contributed by atoms with Crippen LogP contribution in [-0.4, -0.2) is 18.2 Å². The molecule has 0 N–H and O–H groups in total. The molecule has 1 heterocycles. The molecule has 5 nitrogen and oxygen atoms in total. The number of ether oxygens (including phenoxy) is 1. The number of aryl methyl sites for hydroxylation is 1. The average Bonchev–Trinajstić information content (AvgIpc) is 3.43. The molecule has 1 aliphatic carbocycles. The molecule has 0 saturated heterocycles. The average molecular weight is 480 g/mol. The largest absolute Gasteiger partial charge is 0.497 e. The summed E-state index contributed by atoms with van der Waals surface area (Å²) in [6.07, 6.45) is 8.05. The number of nitrogens with zero attached hydrogens (tertiary/aromatic N) is 1. The standard InChI is InChI=1S/C28H27F2NO4/c1-28(2)15-5-8-22(28)26-24(35-31-27(26)21-17-20(33-3)11-12-23(21)29)13-9-18-6-4-7-19(16-18)10-14-25(32)34-30/h4,6-9,11-13,16-17H,5,10,14-15H2,1-3H3/b13-9-. The minimum Gasteiger partial charge on any atom is -0.497 e. The van der Waals surface area contributed by atoms with Crippen molar-refractivity contribution < 1.29 is 27.9 Å². The van der Waals surface area contributed by atoms with Gasteiger partial charge in [-0.05, 0) is 65.7 Å². The molecule has 0 fully saturated rings. The number of allylic oxidation sites excluding steroid dienone is 2. The van der Waals surface area contributed by atoms with E-state index >= 15 is 0 Å². The van der Waals surface area contributed by atoms with Crippen molar-refractivity contribution >= 4 is 23.7 Å². The number of carbonyl (C=O) groups excluding carboxylic acids is 1. The van der Waals surface area contributed by atoms with Gasteiger partial charge >= 0.3 is 5.97 Å². The second-order valence-electron chi connectivity index (χ2n) is 9.18. The highest BCUT2D eigenvalue weighted by molar-refractivity contribution is 5.88. The van der Waals surface area contributed by atoms with E-state index in [4.69, 9.17) is 9.26 Å². The van der Waals surface area contributed by atoms with Crippen LogP contribution in [0.15, 0.2) is 53.1 Å². The van der Waals surface area contributed by atoms with Crippen LogP contribution < -0.4 is 4.74 Å². The van der Waals surface area contributed by atoms with Crippen molar-refractivity contribution in [2.24, 2.45) is 5.41 Å². The fourth-order valence-corrected chi connectivity index (χ4v) is 4.41. The maximum absolute atomic E-state index is 14.9. The zero-order valence-electron chi connectivity index (χ0n) is 19.9. The van der Waals surface area contributed by atoms with Crippen molar-refractivity contribution in [3.05, 3.63) is 76.8 Å². The normalized spacial score (nSPS) is 14.8. The number of rotatable bonds is 8. The molecule has 35 heavy (non-hydrogen) atoms. The number of benzene rings is 2. The zero-order chi connectivity index (χ0) is 25.0. The van der Waals surface area contributed by atoms with E-state index in [1.807, 2.05) is 36.4 Å². The van der Waals surface area contributed by atoms with Crippen LogP contribution in [0, 0.1) is 11.2 Å². The molecular formula is C28H27F2NO4. The number of halogens is 2. The molecule has 0 saturated carbocycles. The molecule has 7 heteroatoms. The molecular weight excluding hydrogens is 452 g/mol. The van der Waals surface area contributed by atoms with Crippen molar-refractivity contribution in [1.29, 1.82) is 0 Å². The lowest BCUT2D eigenvalue weighted by atomic mass is 9.80. The predicted octanol–water partition coefficient (Wildman–Crippen LogP) is 7.22. The second kappa shape index (κ2) is 10.3. The van der Waals surface area contributed by atoms with Crippen LogP contribution in [0.1, 0.15) is 55.6 Å². The number of carbonyl (C=O) groups is 1. The number of hydrogen-bond acceptors (Lipinski definition) is 5. The summed E-state index contributed by atoms with van der Waals surface area (Å²) in [6.45, 7) is 4.31. The third kappa shape index (κ3) is 5.34. The number of aromatic nitrogens is 1. The Hall–Kier alpha value is -3.74. The zero-order valence-corrected chi connectivity index (χ0v) is 19.9. The lowest BCUT2D eigenvalue weighted by Gasteiger charge is -2.22. The fraction of sp³-hybridized carbons (Fsp3) is 0.286. The van der Waals surface area contributed by atoms with Gasteiger partial charge in [0.15, 0.2) is 5.76 Å². The molecule has 0 radical (unpaired) electrons. The third-order valence-corrected chi connectivity index (χ3v) is 6.35. The molecule has 0 aliphatic heterocycles. The summed E-state index contributed by atoms with van der Waals surface area (Å²) in [5, 5.41) is 4.27. The van der Waals surface area contributed by atoms with Gasteiger partial charge in [0.1, 0.15) is 17.3 Å². The van der Waals surface area contributed by atoms with Crippen LogP contribution in [0.5, 0.6) is 5.75 Å². The Labute approximate surface area is 202 Å². The van der Waals surface area contributed by atoms with E-state index in [0.717, 1.165) is 35.1 Å². The first kappa shape index (κ1) is 24.4. The summed E-state index contributed by atoms with van der Waals surface area (Å²) >= 11 is 0. The molecule has 2 aromatic carbocycles. The quantitative estimate of drug-likeness (QED) is 0.341. The van der Waals surface area contributed by atoms with E-state index in [1.165, 1.54) is 13.2 Å². The number of methoxy groups -OCH3 is 1. The first-order chi connectivity index (χ1) is 16.8. The lowest BCUT2D eigenvalue weighted by Crippen LogP contribution is -2.10. The van der Waals surface area contributed by atoms with Crippen LogP contribution in [0.2, 0.25) is 0 Å². The van der Waals surface area contributed by atoms with Crippen LogP contribution in [0.25, 0.3) is 29.0 Å². The summed E-state index contributed by atoms with van der Waals surface area (Å²) in [6, 6.07) is 12.1. The van der Waals surface area contributed by atoms with Gasteiger partial charge in [0, 0.05) is 10.1 Å². The van der Waals surface area contributed by atoms with Gasteiger partial charge in [-0.1, -0.05) is 55.4 Å². The molecule has 0 amide bonds. The molecule has 1 aliphatic rings. The lowest BCUT2D eigenvalue weighted by molar-refractivity contribution is -0.183. The van der Waals surface area contributed by atoms with E-state index in [0.29, 0.717) is 29.2 Å². The van der Waals surface area contributed by atoms with Gasteiger partial charge in [0.05, 0.1) is 19.1 Å². The molecule has 1 aromatic heterocycles. The number of hydrogen-bond donors (Lipinski definition) is 0. The van der Waals surface area contributed by atoms with Crippen molar-refractivity contribution in [2.45, 2.75) is 39.5 Å². The van der Waals surface area contributed by atoms with E-state index in [9.17, 15) is 13.7 Å². The topological polar surface area (TPSA) is 61.6 Å². The third-order valence-electron chi connectivity index (χ3n) is 6.35. The smallest absolute Gasteiger partial charge is 0.349 e. The summed E-state index contributed by atoms with van der Waals surface area (Å²) in [4.78, 5) is 14.3. The predicted molar refractivity (Wildman–Crippen MR) is 130 cm³/mol. The van der Waals surface area contributed by atoms with Crippen molar-refractivity contribution in [2.75, 3.05) is 7.11 Å². The van der Waals surface area contributed by atoms with Crippen molar-refractivity contribution in [3.63, 3.8) is 0 Å². The van der Waals surface area contributed by atoms with Crippen LogP contribution in [0.4, 0.5) is 8.92 Å². The SMILES string of the molecule is COc1ccc(F)c(-c2noc(/C=C\c3cccc(CCC(=O)OF)c3)c2C2=CCCC2(C)C)c1. The van der Waals surface area contributed by atoms with Gasteiger partial charge in [-0.2, -0.15) is 0 Å². The molecule has 0 spiro atoms. The van der Waals surface area contributed by atoms with E-state index in [2.05, 4.69) is 30.0 Å². The Kier molecular flexibility index (Phi) is 7.15. The highest BCUT2D eigenvalue weighted by Gasteiger charge is 2.34.